The van der Waals surface area contributed by atoms with Crippen LogP contribution < -0.4 is 5.32 Å². The zero-order valence-electron chi connectivity index (χ0n) is 14.4. The van der Waals surface area contributed by atoms with Gasteiger partial charge in [0, 0.05) is 25.7 Å². The summed E-state index contributed by atoms with van der Waals surface area (Å²) in [5, 5.41) is 3.84. The molecule has 0 aromatic heterocycles. The normalized spacial score (nSPS) is 35.0. The molecule has 0 aromatic rings. The number of ether oxygens (including phenoxy) is 1. The van der Waals surface area contributed by atoms with Crippen molar-refractivity contribution in [1.29, 1.82) is 0 Å². The smallest absolute Gasteiger partial charge is 0.0502 e. The Morgan fingerprint density at radius 1 is 1.14 bits per heavy atom. The molecular formula is C18H36N2O. The zero-order chi connectivity index (χ0) is 15.1. The van der Waals surface area contributed by atoms with Gasteiger partial charge in [-0.2, -0.15) is 0 Å². The summed E-state index contributed by atoms with van der Waals surface area (Å²) in [6.07, 6.45) is 9.48. The molecule has 1 saturated heterocycles. The molecule has 4 atom stereocenters. The molecule has 1 saturated carbocycles. The van der Waals surface area contributed by atoms with Gasteiger partial charge in [0.05, 0.1) is 6.61 Å². The lowest BCUT2D eigenvalue weighted by Gasteiger charge is -2.46. The van der Waals surface area contributed by atoms with Gasteiger partial charge in [-0.25, -0.2) is 0 Å². The van der Waals surface area contributed by atoms with E-state index in [4.69, 9.17) is 4.74 Å². The van der Waals surface area contributed by atoms with Gasteiger partial charge in [0.25, 0.3) is 0 Å². The lowest BCUT2D eigenvalue weighted by Crippen LogP contribution is -2.56. The van der Waals surface area contributed by atoms with Crippen LogP contribution in [0.2, 0.25) is 0 Å². The lowest BCUT2D eigenvalue weighted by atomic mass is 9.79. The van der Waals surface area contributed by atoms with Crippen LogP contribution >= 0.6 is 0 Å². The first-order chi connectivity index (χ1) is 10.3. The maximum absolute atomic E-state index is 5.41. The van der Waals surface area contributed by atoms with Crippen LogP contribution in [0, 0.1) is 11.8 Å². The van der Waals surface area contributed by atoms with E-state index in [1.54, 1.807) is 0 Å². The molecule has 1 heterocycles. The number of nitrogens with one attached hydrogen (secondary N) is 1. The fraction of sp³-hybridized carbons (Fsp3) is 1.00. The maximum Gasteiger partial charge on any atom is 0.0502 e. The molecule has 0 spiro atoms. The standard InChI is InChI=1S/C18H36N2O/c1-4-10-19-17-9-8-15(5-2)12-18(17)20-11-6-7-16(13-20)14-21-3/h15-19H,4-14H2,1-3H3. The van der Waals surface area contributed by atoms with Crippen molar-refractivity contribution in [3.8, 4) is 0 Å². The largest absolute Gasteiger partial charge is 0.384 e. The third-order valence-electron chi connectivity index (χ3n) is 5.58. The van der Waals surface area contributed by atoms with E-state index in [-0.39, 0.29) is 0 Å². The molecule has 0 aromatic carbocycles. The third kappa shape index (κ3) is 4.94. The molecule has 1 aliphatic heterocycles. The van der Waals surface area contributed by atoms with E-state index in [1.165, 1.54) is 64.6 Å². The molecule has 1 aliphatic carbocycles. The number of piperidine rings is 1. The van der Waals surface area contributed by atoms with Gasteiger partial charge in [-0.15, -0.1) is 0 Å². The van der Waals surface area contributed by atoms with Crippen molar-refractivity contribution in [1.82, 2.24) is 10.2 Å². The average molecular weight is 296 g/mol. The van der Waals surface area contributed by atoms with Crippen LogP contribution in [-0.4, -0.2) is 50.3 Å². The maximum atomic E-state index is 5.41. The van der Waals surface area contributed by atoms with Gasteiger partial charge >= 0.3 is 0 Å². The predicted octanol–water partition coefficient (Wildman–Crippen LogP) is 3.29. The Hall–Kier alpha value is -0.120. The van der Waals surface area contributed by atoms with Gasteiger partial charge in [-0.1, -0.05) is 20.3 Å². The Morgan fingerprint density at radius 3 is 2.71 bits per heavy atom. The molecule has 21 heavy (non-hydrogen) atoms. The number of hydrogen-bond donors (Lipinski definition) is 1. The fourth-order valence-corrected chi connectivity index (χ4v) is 4.34. The molecule has 1 N–H and O–H groups in total. The van der Waals surface area contributed by atoms with E-state index in [0.29, 0.717) is 6.04 Å². The van der Waals surface area contributed by atoms with Crippen LogP contribution in [0.5, 0.6) is 0 Å². The van der Waals surface area contributed by atoms with E-state index in [2.05, 4.69) is 24.1 Å². The molecular weight excluding hydrogens is 260 g/mol. The van der Waals surface area contributed by atoms with Crippen LogP contribution in [0.25, 0.3) is 0 Å². The predicted molar refractivity (Wildman–Crippen MR) is 89.7 cm³/mol. The molecule has 3 heteroatoms. The van der Waals surface area contributed by atoms with Crippen molar-refractivity contribution in [3.05, 3.63) is 0 Å². The quantitative estimate of drug-likeness (QED) is 0.780. The van der Waals surface area contributed by atoms with Crippen LogP contribution in [0.3, 0.4) is 0 Å². The van der Waals surface area contributed by atoms with Gasteiger partial charge < -0.3 is 10.1 Å². The molecule has 0 radical (unpaired) electrons. The molecule has 2 aliphatic rings. The summed E-state index contributed by atoms with van der Waals surface area (Å²) in [5.74, 6) is 1.69. The summed E-state index contributed by atoms with van der Waals surface area (Å²) in [6, 6.07) is 1.48. The molecule has 2 rings (SSSR count). The van der Waals surface area contributed by atoms with Gasteiger partial charge in [0.15, 0.2) is 0 Å². The van der Waals surface area contributed by atoms with Crippen molar-refractivity contribution in [2.24, 2.45) is 11.8 Å². The Morgan fingerprint density at radius 2 is 2.00 bits per heavy atom. The number of methoxy groups -OCH3 is 1. The lowest BCUT2D eigenvalue weighted by molar-refractivity contribution is 0.0334. The van der Waals surface area contributed by atoms with Gasteiger partial charge in [-0.05, 0) is 63.5 Å². The topological polar surface area (TPSA) is 24.5 Å². The second-order valence-corrected chi connectivity index (χ2v) is 7.17. The van der Waals surface area contributed by atoms with Gasteiger partial charge in [0.2, 0.25) is 0 Å². The van der Waals surface area contributed by atoms with E-state index >= 15 is 0 Å². The van der Waals surface area contributed by atoms with Gasteiger partial charge in [0.1, 0.15) is 0 Å². The summed E-state index contributed by atoms with van der Waals surface area (Å²) in [4.78, 5) is 2.79. The molecule has 0 bridgehead atoms. The van der Waals surface area contributed by atoms with Crippen molar-refractivity contribution in [2.45, 2.75) is 70.9 Å². The molecule has 2 fully saturated rings. The summed E-state index contributed by atoms with van der Waals surface area (Å²) in [7, 11) is 1.85. The number of rotatable bonds is 7. The monoisotopic (exact) mass is 296 g/mol. The summed E-state index contributed by atoms with van der Waals surface area (Å²) in [5.41, 5.74) is 0. The van der Waals surface area contributed by atoms with Crippen molar-refractivity contribution in [2.75, 3.05) is 33.4 Å². The van der Waals surface area contributed by atoms with Crippen molar-refractivity contribution in [3.63, 3.8) is 0 Å². The van der Waals surface area contributed by atoms with Crippen LogP contribution in [0.15, 0.2) is 0 Å². The van der Waals surface area contributed by atoms with Crippen LogP contribution in [-0.2, 0) is 4.74 Å². The summed E-state index contributed by atoms with van der Waals surface area (Å²) in [6.45, 7) is 9.30. The fourth-order valence-electron chi connectivity index (χ4n) is 4.34. The molecule has 4 unspecified atom stereocenters. The first-order valence-electron chi connectivity index (χ1n) is 9.24. The third-order valence-corrected chi connectivity index (χ3v) is 5.58. The Labute approximate surface area is 131 Å². The minimum atomic E-state index is 0.717. The molecule has 0 amide bonds. The SMILES string of the molecule is CCCNC1CCC(CC)CC1N1CCCC(COC)C1. The number of hydrogen-bond acceptors (Lipinski definition) is 3. The average Bonchev–Trinajstić information content (AvgIpc) is 2.53. The zero-order valence-corrected chi connectivity index (χ0v) is 14.4. The highest BCUT2D eigenvalue weighted by Gasteiger charge is 2.35. The number of nitrogens with zero attached hydrogens (tertiary/aromatic N) is 1. The molecule has 3 nitrogen and oxygen atoms in total. The molecule has 124 valence electrons. The summed E-state index contributed by atoms with van der Waals surface area (Å²) < 4.78 is 5.41. The van der Waals surface area contributed by atoms with E-state index in [0.717, 1.165) is 24.5 Å². The van der Waals surface area contributed by atoms with Gasteiger partial charge in [-0.3, -0.25) is 4.90 Å². The second-order valence-electron chi connectivity index (χ2n) is 7.17. The highest BCUT2D eigenvalue weighted by Crippen LogP contribution is 2.32. The highest BCUT2D eigenvalue weighted by atomic mass is 16.5. The Bertz CT molecular complexity index is 282. The van der Waals surface area contributed by atoms with E-state index < -0.39 is 0 Å². The Balaban J connectivity index is 1.96. The van der Waals surface area contributed by atoms with Crippen molar-refractivity contribution < 1.29 is 4.74 Å². The first kappa shape index (κ1) is 17.2. The van der Waals surface area contributed by atoms with Crippen LogP contribution in [0.1, 0.15) is 58.8 Å². The van der Waals surface area contributed by atoms with Crippen molar-refractivity contribution >= 4 is 0 Å². The minimum Gasteiger partial charge on any atom is -0.384 e. The van der Waals surface area contributed by atoms with E-state index in [9.17, 15) is 0 Å². The summed E-state index contributed by atoms with van der Waals surface area (Å²) >= 11 is 0. The number of likely N-dealkylation sites (tertiary alicyclic amines) is 1. The Kier molecular flexibility index (Phi) is 7.48. The highest BCUT2D eigenvalue weighted by molar-refractivity contribution is 4.92. The second kappa shape index (κ2) is 9.12. The first-order valence-corrected chi connectivity index (χ1v) is 9.24. The van der Waals surface area contributed by atoms with Crippen LogP contribution in [0.4, 0.5) is 0 Å². The minimum absolute atomic E-state index is 0.717. The van der Waals surface area contributed by atoms with E-state index in [1.807, 2.05) is 7.11 Å².